The van der Waals surface area contributed by atoms with Crippen LogP contribution in [0.25, 0.3) is 10.9 Å². The number of carbonyl (C=O) groups is 1. The predicted octanol–water partition coefficient (Wildman–Crippen LogP) is 4.86. The Morgan fingerprint density at radius 3 is 2.71 bits per heavy atom. The van der Waals surface area contributed by atoms with E-state index in [1.807, 2.05) is 12.3 Å². The molecule has 1 N–H and O–H groups in total. The van der Waals surface area contributed by atoms with Crippen molar-refractivity contribution in [2.45, 2.75) is 44.6 Å². The minimum atomic E-state index is -0.220. The zero-order valence-corrected chi connectivity index (χ0v) is 15.9. The molecule has 1 amide bonds. The lowest BCUT2D eigenvalue weighted by atomic mass is 9.75. The number of benzene rings is 1. The van der Waals surface area contributed by atoms with E-state index in [9.17, 15) is 9.18 Å². The molecule has 0 saturated heterocycles. The Morgan fingerprint density at radius 1 is 1.14 bits per heavy atom. The van der Waals surface area contributed by atoms with Gasteiger partial charge < -0.3 is 5.32 Å². The number of fused-ring (bicyclic) bond motifs is 1. The third-order valence-corrected chi connectivity index (χ3v) is 5.94. The molecule has 4 nitrogen and oxygen atoms in total. The van der Waals surface area contributed by atoms with E-state index in [4.69, 9.17) is 0 Å². The van der Waals surface area contributed by atoms with Crippen molar-refractivity contribution in [1.82, 2.24) is 15.3 Å². The molecule has 5 heteroatoms. The molecule has 0 bridgehead atoms. The first kappa shape index (κ1) is 18.5. The monoisotopic (exact) mass is 377 g/mol. The van der Waals surface area contributed by atoms with E-state index in [1.165, 1.54) is 11.6 Å². The molecule has 1 aromatic carbocycles. The van der Waals surface area contributed by atoms with E-state index in [0.29, 0.717) is 17.4 Å². The van der Waals surface area contributed by atoms with Crippen LogP contribution in [0.1, 0.15) is 54.4 Å². The third-order valence-electron chi connectivity index (χ3n) is 5.94. The minimum absolute atomic E-state index is 0.0710. The highest BCUT2D eigenvalue weighted by molar-refractivity contribution is 5.94. The average Bonchev–Trinajstić information content (AvgIpc) is 2.74. The zero-order chi connectivity index (χ0) is 19.5. The number of pyridine rings is 2. The van der Waals surface area contributed by atoms with Crippen molar-refractivity contribution in [3.63, 3.8) is 0 Å². The Bertz CT molecular complexity index is 968. The van der Waals surface area contributed by atoms with Crippen molar-refractivity contribution < 1.29 is 9.18 Å². The highest BCUT2D eigenvalue weighted by Crippen LogP contribution is 2.39. The smallest absolute Gasteiger partial charge is 0.253 e. The second-order valence-electron chi connectivity index (χ2n) is 7.68. The summed E-state index contributed by atoms with van der Waals surface area (Å²) in [7, 11) is 0. The van der Waals surface area contributed by atoms with Crippen LogP contribution in [0.5, 0.6) is 0 Å². The van der Waals surface area contributed by atoms with Crippen molar-refractivity contribution in [2.75, 3.05) is 0 Å². The van der Waals surface area contributed by atoms with Crippen molar-refractivity contribution >= 4 is 16.8 Å². The molecule has 2 aromatic heterocycles. The number of hydrogen-bond donors (Lipinski definition) is 1. The van der Waals surface area contributed by atoms with Crippen LogP contribution >= 0.6 is 0 Å². The van der Waals surface area contributed by atoms with E-state index in [2.05, 4.69) is 22.2 Å². The van der Waals surface area contributed by atoms with Crippen molar-refractivity contribution in [3.05, 3.63) is 71.9 Å². The Kier molecular flexibility index (Phi) is 5.33. The summed E-state index contributed by atoms with van der Waals surface area (Å²) in [6, 6.07) is 10.5. The van der Waals surface area contributed by atoms with Crippen LogP contribution in [0, 0.1) is 11.7 Å². The molecule has 0 unspecified atom stereocenters. The fourth-order valence-electron chi connectivity index (χ4n) is 4.33. The summed E-state index contributed by atoms with van der Waals surface area (Å²) in [6.07, 6.45) is 9.22. The first-order valence-corrected chi connectivity index (χ1v) is 9.87. The van der Waals surface area contributed by atoms with Gasteiger partial charge >= 0.3 is 0 Å². The van der Waals surface area contributed by atoms with Crippen LogP contribution in [-0.4, -0.2) is 21.9 Å². The maximum atomic E-state index is 13.7. The summed E-state index contributed by atoms with van der Waals surface area (Å²) < 4.78 is 13.7. The van der Waals surface area contributed by atoms with Crippen molar-refractivity contribution in [1.29, 1.82) is 0 Å². The second-order valence-corrected chi connectivity index (χ2v) is 7.68. The normalized spacial score (nSPS) is 20.6. The summed E-state index contributed by atoms with van der Waals surface area (Å²) in [5.74, 6) is 0.562. The molecule has 1 saturated carbocycles. The summed E-state index contributed by atoms with van der Waals surface area (Å²) >= 11 is 0. The van der Waals surface area contributed by atoms with Gasteiger partial charge in [-0.2, -0.15) is 0 Å². The fourth-order valence-corrected chi connectivity index (χ4v) is 4.33. The van der Waals surface area contributed by atoms with Gasteiger partial charge in [0, 0.05) is 30.0 Å². The van der Waals surface area contributed by atoms with Gasteiger partial charge in [-0.05, 0) is 86.4 Å². The largest absolute Gasteiger partial charge is 0.349 e. The van der Waals surface area contributed by atoms with E-state index in [1.54, 1.807) is 36.7 Å². The standard InChI is InChI=1S/C23H24FN3O/c1-15(27-23(28)18-3-2-11-25-14-18)16-4-6-17(7-5-16)20-10-12-26-22-9-8-19(24)13-21(20)22/h2-3,8-17H,4-7H2,1H3,(H,27,28)/t15-,16?,17?/m1/s1. The molecule has 4 rings (SSSR count). The Hall–Kier alpha value is -2.82. The molecule has 144 valence electrons. The van der Waals surface area contributed by atoms with E-state index in [-0.39, 0.29) is 17.8 Å². The van der Waals surface area contributed by atoms with Gasteiger partial charge in [-0.1, -0.05) is 0 Å². The summed E-state index contributed by atoms with van der Waals surface area (Å²) in [5.41, 5.74) is 2.63. The molecule has 1 aliphatic rings. The third kappa shape index (κ3) is 3.88. The molecule has 3 aromatic rings. The van der Waals surface area contributed by atoms with Gasteiger partial charge in [0.25, 0.3) is 5.91 Å². The average molecular weight is 377 g/mol. The Balaban J connectivity index is 1.41. The SMILES string of the molecule is C[C@@H](NC(=O)c1cccnc1)C1CCC(c2ccnc3ccc(F)cc23)CC1. The Morgan fingerprint density at radius 2 is 1.96 bits per heavy atom. The van der Waals surface area contributed by atoms with Crippen LogP contribution in [0.15, 0.2) is 55.0 Å². The van der Waals surface area contributed by atoms with Gasteiger partial charge in [-0.3, -0.25) is 14.8 Å². The lowest BCUT2D eigenvalue weighted by Gasteiger charge is -2.33. The molecular formula is C23H24FN3O. The van der Waals surface area contributed by atoms with Gasteiger partial charge in [0.2, 0.25) is 0 Å². The first-order valence-electron chi connectivity index (χ1n) is 9.87. The second kappa shape index (κ2) is 8.05. The number of rotatable bonds is 4. The molecule has 1 fully saturated rings. The van der Waals surface area contributed by atoms with Crippen molar-refractivity contribution in [2.24, 2.45) is 5.92 Å². The van der Waals surface area contributed by atoms with Gasteiger partial charge in [0.15, 0.2) is 0 Å². The predicted molar refractivity (Wildman–Crippen MR) is 108 cm³/mol. The molecule has 28 heavy (non-hydrogen) atoms. The zero-order valence-electron chi connectivity index (χ0n) is 15.9. The number of nitrogens with one attached hydrogen (secondary N) is 1. The lowest BCUT2D eigenvalue weighted by molar-refractivity contribution is 0.0917. The molecular weight excluding hydrogens is 353 g/mol. The number of halogens is 1. The summed E-state index contributed by atoms with van der Waals surface area (Å²) in [6.45, 7) is 2.08. The van der Waals surface area contributed by atoms with Crippen molar-refractivity contribution in [3.8, 4) is 0 Å². The molecule has 1 aliphatic carbocycles. The van der Waals surface area contributed by atoms with Gasteiger partial charge in [-0.15, -0.1) is 0 Å². The van der Waals surface area contributed by atoms with E-state index < -0.39 is 0 Å². The van der Waals surface area contributed by atoms with Crippen LogP contribution in [0.4, 0.5) is 4.39 Å². The van der Waals surface area contributed by atoms with Gasteiger partial charge in [0.05, 0.1) is 11.1 Å². The maximum Gasteiger partial charge on any atom is 0.253 e. The lowest BCUT2D eigenvalue weighted by Crippen LogP contribution is -2.39. The quantitative estimate of drug-likeness (QED) is 0.706. The van der Waals surface area contributed by atoms with Gasteiger partial charge in [-0.25, -0.2) is 4.39 Å². The number of aromatic nitrogens is 2. The minimum Gasteiger partial charge on any atom is -0.349 e. The van der Waals surface area contributed by atoms with E-state index >= 15 is 0 Å². The summed E-state index contributed by atoms with van der Waals surface area (Å²) in [5, 5.41) is 4.04. The summed E-state index contributed by atoms with van der Waals surface area (Å²) in [4.78, 5) is 20.7. The Labute approximate surface area is 164 Å². The van der Waals surface area contributed by atoms with Gasteiger partial charge in [0.1, 0.15) is 5.82 Å². The van der Waals surface area contributed by atoms with Crippen LogP contribution < -0.4 is 5.32 Å². The number of amides is 1. The maximum absolute atomic E-state index is 13.7. The number of nitrogens with zero attached hydrogens (tertiary/aromatic N) is 2. The topological polar surface area (TPSA) is 54.9 Å². The van der Waals surface area contributed by atoms with E-state index in [0.717, 1.165) is 36.6 Å². The van der Waals surface area contributed by atoms with Crippen LogP contribution in [0.2, 0.25) is 0 Å². The number of hydrogen-bond acceptors (Lipinski definition) is 3. The number of carbonyl (C=O) groups excluding carboxylic acids is 1. The molecule has 2 heterocycles. The molecule has 0 aliphatic heterocycles. The van der Waals surface area contributed by atoms with Crippen LogP contribution in [-0.2, 0) is 0 Å². The highest BCUT2D eigenvalue weighted by atomic mass is 19.1. The van der Waals surface area contributed by atoms with Crippen LogP contribution in [0.3, 0.4) is 0 Å². The fraction of sp³-hybridized carbons (Fsp3) is 0.348. The molecule has 0 radical (unpaired) electrons. The molecule has 1 atom stereocenters. The highest BCUT2D eigenvalue weighted by Gasteiger charge is 2.28. The first-order chi connectivity index (χ1) is 13.6. The molecule has 0 spiro atoms.